The lowest BCUT2D eigenvalue weighted by molar-refractivity contribution is -0.0647. The summed E-state index contributed by atoms with van der Waals surface area (Å²) in [5.41, 5.74) is 0. The van der Waals surface area contributed by atoms with Crippen LogP contribution in [0.4, 0.5) is 0 Å². The van der Waals surface area contributed by atoms with Crippen molar-refractivity contribution in [1.82, 2.24) is 0 Å². The van der Waals surface area contributed by atoms with E-state index in [0.29, 0.717) is 19.8 Å². The van der Waals surface area contributed by atoms with Crippen LogP contribution in [0.15, 0.2) is 0 Å². The summed E-state index contributed by atoms with van der Waals surface area (Å²) in [6.45, 7) is 7.71. The van der Waals surface area contributed by atoms with E-state index in [1.807, 2.05) is 0 Å². The van der Waals surface area contributed by atoms with Crippen molar-refractivity contribution >= 4 is 0 Å². The van der Waals surface area contributed by atoms with Gasteiger partial charge in [0.1, 0.15) is 6.10 Å². The number of rotatable bonds is 33. The predicted molar refractivity (Wildman–Crippen MR) is 161 cm³/mol. The van der Waals surface area contributed by atoms with E-state index in [-0.39, 0.29) is 12.7 Å². The zero-order chi connectivity index (χ0) is 26.9. The summed E-state index contributed by atoms with van der Waals surface area (Å²) >= 11 is 0. The molecule has 0 saturated carbocycles. The van der Waals surface area contributed by atoms with Crippen molar-refractivity contribution in [2.75, 3.05) is 39.6 Å². The number of unbranched alkanes of at least 4 members (excludes halogenated alkanes) is 22. The van der Waals surface area contributed by atoms with Crippen LogP contribution >= 0.6 is 0 Å². The van der Waals surface area contributed by atoms with Gasteiger partial charge in [-0.1, -0.05) is 155 Å². The van der Waals surface area contributed by atoms with E-state index in [2.05, 4.69) is 13.8 Å². The van der Waals surface area contributed by atoms with Crippen molar-refractivity contribution in [3.63, 3.8) is 0 Å². The molecule has 37 heavy (non-hydrogen) atoms. The van der Waals surface area contributed by atoms with Gasteiger partial charge < -0.3 is 19.3 Å². The van der Waals surface area contributed by atoms with Crippen molar-refractivity contribution in [2.24, 2.45) is 0 Å². The third-order valence-corrected chi connectivity index (χ3v) is 7.34. The van der Waals surface area contributed by atoms with Gasteiger partial charge >= 0.3 is 0 Å². The summed E-state index contributed by atoms with van der Waals surface area (Å²) in [6, 6.07) is 0. The van der Waals surface area contributed by atoms with Gasteiger partial charge in [0.25, 0.3) is 0 Å². The van der Waals surface area contributed by atoms with Crippen LogP contribution in [0.2, 0.25) is 0 Å². The Morgan fingerprint density at radius 1 is 0.405 bits per heavy atom. The zero-order valence-electron chi connectivity index (χ0n) is 25.5. The molecule has 0 amide bonds. The molecule has 224 valence electrons. The van der Waals surface area contributed by atoms with Crippen LogP contribution in [-0.4, -0.2) is 50.9 Å². The number of hydrogen-bond donors (Lipinski definition) is 1. The molecule has 0 aromatic heterocycles. The van der Waals surface area contributed by atoms with Crippen LogP contribution in [0, 0.1) is 0 Å². The van der Waals surface area contributed by atoms with E-state index in [1.54, 1.807) is 0 Å². The van der Waals surface area contributed by atoms with Gasteiger partial charge in [-0.2, -0.15) is 0 Å². The lowest BCUT2D eigenvalue weighted by Crippen LogP contribution is -2.27. The average Bonchev–Trinajstić information content (AvgIpc) is 2.91. The highest BCUT2D eigenvalue weighted by Gasteiger charge is 2.10. The second-order valence-electron chi connectivity index (χ2n) is 11.1. The Kier molecular flexibility index (Phi) is 33.7. The van der Waals surface area contributed by atoms with Crippen LogP contribution in [0.25, 0.3) is 0 Å². The predicted octanol–water partition coefficient (Wildman–Crippen LogP) is 9.80. The van der Waals surface area contributed by atoms with Crippen LogP contribution in [0.5, 0.6) is 0 Å². The molecule has 4 heteroatoms. The smallest absolute Gasteiger partial charge is 0.104 e. The standard InChI is InChI=1S/C33H68O4/c1-3-5-7-9-11-13-15-17-19-21-23-25-28-35-31-33(32-36-30-27-34)37-29-26-24-22-20-18-16-14-12-10-8-6-4-2/h33-34H,3-32H2,1-2H3. The molecule has 0 aliphatic heterocycles. The van der Waals surface area contributed by atoms with Crippen molar-refractivity contribution in [3.8, 4) is 0 Å². The van der Waals surface area contributed by atoms with Crippen molar-refractivity contribution in [1.29, 1.82) is 0 Å². The largest absolute Gasteiger partial charge is 0.394 e. The van der Waals surface area contributed by atoms with Crippen LogP contribution < -0.4 is 0 Å². The molecule has 1 unspecified atom stereocenters. The molecule has 0 heterocycles. The molecule has 0 aromatic carbocycles. The first kappa shape index (κ1) is 36.8. The third-order valence-electron chi connectivity index (χ3n) is 7.34. The van der Waals surface area contributed by atoms with Crippen molar-refractivity contribution < 1.29 is 19.3 Å². The fourth-order valence-corrected chi connectivity index (χ4v) is 4.88. The van der Waals surface area contributed by atoms with Gasteiger partial charge in [-0.15, -0.1) is 0 Å². The van der Waals surface area contributed by atoms with E-state index in [4.69, 9.17) is 19.3 Å². The molecule has 4 nitrogen and oxygen atoms in total. The first-order valence-corrected chi connectivity index (χ1v) is 16.7. The normalized spacial score (nSPS) is 12.4. The summed E-state index contributed by atoms with van der Waals surface area (Å²) in [4.78, 5) is 0. The lowest BCUT2D eigenvalue weighted by Gasteiger charge is -2.18. The van der Waals surface area contributed by atoms with E-state index in [1.165, 1.54) is 141 Å². The van der Waals surface area contributed by atoms with Gasteiger partial charge in [0.2, 0.25) is 0 Å². The number of aliphatic hydroxyl groups is 1. The molecule has 0 rings (SSSR count). The Balaban J connectivity index is 3.56. The van der Waals surface area contributed by atoms with Gasteiger partial charge in [-0.25, -0.2) is 0 Å². The van der Waals surface area contributed by atoms with E-state index < -0.39 is 0 Å². The van der Waals surface area contributed by atoms with E-state index in [9.17, 15) is 0 Å². The highest BCUT2D eigenvalue weighted by Crippen LogP contribution is 2.13. The number of aliphatic hydroxyl groups excluding tert-OH is 1. The minimum absolute atomic E-state index is 0.0171. The Morgan fingerprint density at radius 2 is 0.730 bits per heavy atom. The molecular formula is C33H68O4. The van der Waals surface area contributed by atoms with Gasteiger partial charge in [-0.05, 0) is 12.8 Å². The van der Waals surface area contributed by atoms with Crippen LogP contribution in [0.1, 0.15) is 168 Å². The highest BCUT2D eigenvalue weighted by atomic mass is 16.6. The summed E-state index contributed by atoms with van der Waals surface area (Å²) < 4.78 is 17.5. The molecule has 1 N–H and O–H groups in total. The fourth-order valence-electron chi connectivity index (χ4n) is 4.88. The zero-order valence-corrected chi connectivity index (χ0v) is 25.5. The monoisotopic (exact) mass is 529 g/mol. The molecule has 0 saturated heterocycles. The summed E-state index contributed by atoms with van der Waals surface area (Å²) in [6.07, 6.45) is 32.6. The van der Waals surface area contributed by atoms with Gasteiger partial charge in [0.15, 0.2) is 0 Å². The Hall–Kier alpha value is -0.160. The lowest BCUT2D eigenvalue weighted by atomic mass is 10.1. The number of hydrogen-bond acceptors (Lipinski definition) is 4. The first-order chi connectivity index (χ1) is 18.3. The second kappa shape index (κ2) is 33.9. The molecule has 0 fully saturated rings. The summed E-state index contributed by atoms with van der Waals surface area (Å²) in [5, 5.41) is 8.99. The second-order valence-corrected chi connectivity index (χ2v) is 11.1. The van der Waals surface area contributed by atoms with E-state index in [0.717, 1.165) is 26.1 Å². The van der Waals surface area contributed by atoms with Gasteiger partial charge in [0, 0.05) is 13.2 Å². The quantitative estimate of drug-likeness (QED) is 0.0861. The minimum Gasteiger partial charge on any atom is -0.394 e. The van der Waals surface area contributed by atoms with Gasteiger partial charge in [0.05, 0.1) is 26.4 Å². The van der Waals surface area contributed by atoms with Crippen LogP contribution in [0.3, 0.4) is 0 Å². The van der Waals surface area contributed by atoms with E-state index >= 15 is 0 Å². The fraction of sp³-hybridized carbons (Fsp3) is 1.00. The molecule has 0 aliphatic rings. The maximum atomic E-state index is 8.99. The topological polar surface area (TPSA) is 47.9 Å². The van der Waals surface area contributed by atoms with Crippen molar-refractivity contribution in [3.05, 3.63) is 0 Å². The number of ether oxygens (including phenoxy) is 3. The minimum atomic E-state index is -0.0171. The maximum absolute atomic E-state index is 8.99. The summed E-state index contributed by atoms with van der Waals surface area (Å²) in [5.74, 6) is 0. The third kappa shape index (κ3) is 32.0. The molecule has 0 spiro atoms. The SMILES string of the molecule is CCCCCCCCCCCCCCOCC(COCCO)OCCCCCCCCCCCCCC. The molecule has 0 aliphatic carbocycles. The van der Waals surface area contributed by atoms with Gasteiger partial charge in [-0.3, -0.25) is 0 Å². The molecule has 0 bridgehead atoms. The maximum Gasteiger partial charge on any atom is 0.104 e. The molecule has 1 atom stereocenters. The van der Waals surface area contributed by atoms with Crippen molar-refractivity contribution in [2.45, 2.75) is 174 Å². The van der Waals surface area contributed by atoms with Crippen LogP contribution in [-0.2, 0) is 14.2 Å². The first-order valence-electron chi connectivity index (χ1n) is 16.7. The Bertz CT molecular complexity index is 391. The molecule has 0 aromatic rings. The average molecular weight is 529 g/mol. The Labute approximate surface area is 233 Å². The molecule has 0 radical (unpaired) electrons. The molecular weight excluding hydrogens is 460 g/mol. The Morgan fingerprint density at radius 3 is 1.11 bits per heavy atom. The summed E-state index contributed by atoms with van der Waals surface area (Å²) in [7, 11) is 0. The highest BCUT2D eigenvalue weighted by molar-refractivity contribution is 4.57.